The van der Waals surface area contributed by atoms with Crippen molar-refractivity contribution < 1.29 is 5.11 Å². The zero-order valence-corrected chi connectivity index (χ0v) is 12.8. The lowest BCUT2D eigenvalue weighted by molar-refractivity contribution is 0.459. The Morgan fingerprint density at radius 3 is 2.65 bits per heavy atom. The molecule has 0 aliphatic heterocycles. The monoisotopic (exact) mass is 323 g/mol. The summed E-state index contributed by atoms with van der Waals surface area (Å²) >= 11 is 5.03. The van der Waals surface area contributed by atoms with Crippen LogP contribution in [0.4, 0.5) is 5.69 Å². The van der Waals surface area contributed by atoms with Gasteiger partial charge in [0.05, 0.1) is 11.7 Å². The molecular formula is C16H13N5OS. The van der Waals surface area contributed by atoms with E-state index in [1.54, 1.807) is 6.21 Å². The topological polar surface area (TPSA) is 85.1 Å². The number of para-hydroxylation sites is 1. The van der Waals surface area contributed by atoms with Gasteiger partial charge in [0, 0.05) is 5.39 Å². The Kier molecular flexibility index (Phi) is 4.39. The standard InChI is InChI=1S/C16H13N5OS/c22-15-14(12-8-4-5-9-13(12)18-15)19-21-16(23)20-17-10-11-6-2-1-3-7-11/h1-10,18,22H,(H,20,23). The highest BCUT2D eigenvalue weighted by Gasteiger charge is 2.09. The van der Waals surface area contributed by atoms with Crippen LogP contribution in [0.15, 0.2) is 69.9 Å². The van der Waals surface area contributed by atoms with E-state index in [0.717, 1.165) is 16.5 Å². The number of aromatic hydroxyl groups is 1. The lowest BCUT2D eigenvalue weighted by Crippen LogP contribution is -2.11. The number of nitrogens with zero attached hydrogens (tertiary/aromatic N) is 3. The second-order valence-electron chi connectivity index (χ2n) is 4.65. The Morgan fingerprint density at radius 1 is 1.09 bits per heavy atom. The second kappa shape index (κ2) is 6.80. The maximum absolute atomic E-state index is 9.87. The van der Waals surface area contributed by atoms with Gasteiger partial charge >= 0.3 is 0 Å². The molecule has 114 valence electrons. The number of fused-ring (bicyclic) bond motifs is 1. The van der Waals surface area contributed by atoms with E-state index < -0.39 is 0 Å². The molecule has 0 radical (unpaired) electrons. The van der Waals surface area contributed by atoms with Gasteiger partial charge in [-0.25, -0.2) is 0 Å². The molecule has 0 saturated carbocycles. The predicted octanol–water partition coefficient (Wildman–Crippen LogP) is 3.87. The van der Waals surface area contributed by atoms with E-state index in [9.17, 15) is 5.11 Å². The normalized spacial score (nSPS) is 11.5. The number of aromatic nitrogens is 1. The van der Waals surface area contributed by atoms with Crippen molar-refractivity contribution in [2.75, 3.05) is 0 Å². The van der Waals surface area contributed by atoms with Crippen LogP contribution < -0.4 is 5.43 Å². The highest BCUT2D eigenvalue weighted by atomic mass is 32.1. The largest absolute Gasteiger partial charge is 0.493 e. The molecule has 2 aromatic carbocycles. The summed E-state index contributed by atoms with van der Waals surface area (Å²) in [5, 5.41) is 22.6. The molecule has 0 amide bonds. The Morgan fingerprint density at radius 2 is 1.83 bits per heavy atom. The van der Waals surface area contributed by atoms with Crippen LogP contribution in [0, 0.1) is 0 Å². The first kappa shape index (κ1) is 14.9. The van der Waals surface area contributed by atoms with Crippen LogP contribution in [-0.4, -0.2) is 21.4 Å². The number of hydrazone groups is 1. The fourth-order valence-electron chi connectivity index (χ4n) is 2.03. The molecule has 1 heterocycles. The van der Waals surface area contributed by atoms with Crippen LogP contribution in [0.2, 0.25) is 0 Å². The Hall–Kier alpha value is -3.06. The molecule has 7 heteroatoms. The van der Waals surface area contributed by atoms with Crippen LogP contribution >= 0.6 is 12.2 Å². The van der Waals surface area contributed by atoms with E-state index >= 15 is 0 Å². The molecule has 6 nitrogen and oxygen atoms in total. The minimum Gasteiger partial charge on any atom is -0.493 e. The zero-order valence-electron chi connectivity index (χ0n) is 12.0. The Bertz CT molecular complexity index is 886. The van der Waals surface area contributed by atoms with Gasteiger partial charge in [0.25, 0.3) is 0 Å². The molecular weight excluding hydrogens is 310 g/mol. The first-order chi connectivity index (χ1) is 11.2. The number of thiocarbonyl (C=S) groups is 1. The van der Waals surface area contributed by atoms with Crippen molar-refractivity contribution >= 4 is 40.1 Å². The van der Waals surface area contributed by atoms with Gasteiger partial charge in [-0.3, -0.25) is 5.43 Å². The fraction of sp³-hybridized carbons (Fsp3) is 0. The van der Waals surface area contributed by atoms with Gasteiger partial charge in [0.1, 0.15) is 0 Å². The molecule has 0 atom stereocenters. The molecule has 0 unspecified atom stereocenters. The van der Waals surface area contributed by atoms with Crippen LogP contribution in [0.5, 0.6) is 5.88 Å². The average molecular weight is 323 g/mol. The summed E-state index contributed by atoms with van der Waals surface area (Å²) in [7, 11) is 0. The third kappa shape index (κ3) is 3.58. The van der Waals surface area contributed by atoms with Crippen molar-refractivity contribution in [3.8, 4) is 5.88 Å². The summed E-state index contributed by atoms with van der Waals surface area (Å²) in [6.45, 7) is 0. The number of azo groups is 1. The lowest BCUT2D eigenvalue weighted by atomic mass is 10.2. The van der Waals surface area contributed by atoms with Crippen LogP contribution in [0.25, 0.3) is 10.9 Å². The molecule has 0 aliphatic rings. The molecule has 0 saturated heterocycles. The first-order valence-corrected chi connectivity index (χ1v) is 7.24. The van der Waals surface area contributed by atoms with Crippen molar-refractivity contribution in [3.05, 3.63) is 60.2 Å². The van der Waals surface area contributed by atoms with E-state index in [1.807, 2.05) is 54.6 Å². The smallest absolute Gasteiger partial charge is 0.234 e. The minimum absolute atomic E-state index is 0.0504. The maximum atomic E-state index is 9.87. The number of nitrogens with one attached hydrogen (secondary N) is 2. The predicted molar refractivity (Wildman–Crippen MR) is 94.2 cm³/mol. The van der Waals surface area contributed by atoms with Gasteiger partial charge in [-0.1, -0.05) is 48.5 Å². The summed E-state index contributed by atoms with van der Waals surface area (Å²) in [6, 6.07) is 17.0. The summed E-state index contributed by atoms with van der Waals surface area (Å²) in [6.07, 6.45) is 1.63. The summed E-state index contributed by atoms with van der Waals surface area (Å²) in [4.78, 5) is 2.82. The summed E-state index contributed by atoms with van der Waals surface area (Å²) in [5.41, 5.74) is 4.67. The van der Waals surface area contributed by atoms with Crippen LogP contribution in [-0.2, 0) is 0 Å². The van der Waals surface area contributed by atoms with Gasteiger partial charge in [0.15, 0.2) is 5.69 Å². The van der Waals surface area contributed by atoms with Gasteiger partial charge in [0.2, 0.25) is 11.0 Å². The Labute approximate surface area is 137 Å². The molecule has 1 aromatic heterocycles. The SMILES string of the molecule is Oc1[nH]c2ccccc2c1N=NC(=S)NN=Cc1ccccc1. The number of hydrogen-bond acceptors (Lipinski definition) is 4. The van der Waals surface area contributed by atoms with Gasteiger partial charge in [-0.15, -0.1) is 10.2 Å². The van der Waals surface area contributed by atoms with Crippen molar-refractivity contribution in [2.24, 2.45) is 15.3 Å². The minimum atomic E-state index is -0.0504. The molecule has 23 heavy (non-hydrogen) atoms. The van der Waals surface area contributed by atoms with Crippen molar-refractivity contribution in [3.63, 3.8) is 0 Å². The number of hydrogen-bond donors (Lipinski definition) is 3. The quantitative estimate of drug-likeness (QED) is 0.296. The third-order valence-electron chi connectivity index (χ3n) is 3.07. The van der Waals surface area contributed by atoms with Crippen LogP contribution in [0.1, 0.15) is 5.56 Å². The highest BCUT2D eigenvalue weighted by molar-refractivity contribution is 7.80. The molecule has 3 N–H and O–H groups in total. The third-order valence-corrected chi connectivity index (χ3v) is 3.25. The van der Waals surface area contributed by atoms with Crippen molar-refractivity contribution in [1.29, 1.82) is 0 Å². The van der Waals surface area contributed by atoms with Gasteiger partial charge < -0.3 is 10.1 Å². The lowest BCUT2D eigenvalue weighted by Gasteiger charge is -1.95. The number of aromatic amines is 1. The van der Waals surface area contributed by atoms with E-state index in [0.29, 0.717) is 5.69 Å². The molecule has 0 fully saturated rings. The summed E-state index contributed by atoms with van der Waals surface area (Å²) < 4.78 is 0. The van der Waals surface area contributed by atoms with E-state index in [4.69, 9.17) is 12.2 Å². The zero-order chi connectivity index (χ0) is 16.1. The number of benzene rings is 2. The molecule has 0 spiro atoms. The second-order valence-corrected chi connectivity index (χ2v) is 5.04. The van der Waals surface area contributed by atoms with Gasteiger partial charge in [-0.05, 0) is 23.8 Å². The summed E-state index contributed by atoms with van der Waals surface area (Å²) in [5.74, 6) is -0.0504. The molecule has 0 bridgehead atoms. The van der Waals surface area contributed by atoms with Crippen molar-refractivity contribution in [1.82, 2.24) is 10.4 Å². The van der Waals surface area contributed by atoms with E-state index in [2.05, 4.69) is 25.7 Å². The molecule has 3 rings (SSSR count). The number of rotatable bonds is 3. The van der Waals surface area contributed by atoms with Crippen LogP contribution in [0.3, 0.4) is 0 Å². The fourth-order valence-corrected chi connectivity index (χ4v) is 2.13. The number of H-pyrrole nitrogens is 1. The Balaban J connectivity index is 1.68. The average Bonchev–Trinajstić information content (AvgIpc) is 2.89. The first-order valence-electron chi connectivity index (χ1n) is 6.83. The maximum Gasteiger partial charge on any atom is 0.234 e. The van der Waals surface area contributed by atoms with Gasteiger partial charge in [-0.2, -0.15) is 5.10 Å². The van der Waals surface area contributed by atoms with E-state index in [1.165, 1.54) is 0 Å². The highest BCUT2D eigenvalue weighted by Crippen LogP contribution is 2.35. The van der Waals surface area contributed by atoms with Crippen molar-refractivity contribution in [2.45, 2.75) is 0 Å². The molecule has 0 aliphatic carbocycles. The molecule has 3 aromatic rings. The van der Waals surface area contributed by atoms with E-state index in [-0.39, 0.29) is 11.0 Å².